The van der Waals surface area contributed by atoms with Crippen molar-refractivity contribution in [3.63, 3.8) is 0 Å². The molecule has 0 aliphatic rings. The van der Waals surface area contributed by atoms with Gasteiger partial charge in [-0.25, -0.2) is 0 Å². The summed E-state index contributed by atoms with van der Waals surface area (Å²) < 4.78 is 5.56. The molecule has 0 atom stereocenters. The van der Waals surface area contributed by atoms with E-state index in [1.807, 2.05) is 42.5 Å². The number of primary amides is 1. The second-order valence-corrected chi connectivity index (χ2v) is 5.00. The first-order valence-corrected chi connectivity index (χ1v) is 7.15. The Morgan fingerprint density at radius 3 is 2.32 bits per heavy atom. The summed E-state index contributed by atoms with van der Waals surface area (Å²) in [5, 5.41) is 4.22. The maximum atomic E-state index is 11.1. The highest BCUT2D eigenvalue weighted by molar-refractivity contribution is 5.93. The monoisotopic (exact) mass is 292 g/mol. The van der Waals surface area contributed by atoms with Crippen LogP contribution in [0.5, 0.6) is 0 Å². The van der Waals surface area contributed by atoms with Crippen molar-refractivity contribution in [1.29, 1.82) is 0 Å². The van der Waals surface area contributed by atoms with E-state index in [1.165, 1.54) is 0 Å². The van der Waals surface area contributed by atoms with Crippen molar-refractivity contribution in [1.82, 2.24) is 5.16 Å². The second-order valence-electron chi connectivity index (χ2n) is 5.00. The van der Waals surface area contributed by atoms with E-state index in [2.05, 4.69) is 12.1 Å². The Hall–Kier alpha value is -2.88. The zero-order valence-electron chi connectivity index (χ0n) is 12.2. The molecule has 1 amide bonds. The molecule has 110 valence electrons. The van der Waals surface area contributed by atoms with Crippen molar-refractivity contribution in [2.24, 2.45) is 5.73 Å². The first kappa shape index (κ1) is 14.1. The number of benzene rings is 2. The van der Waals surface area contributed by atoms with Gasteiger partial charge in [-0.05, 0) is 18.6 Å². The number of amides is 1. The molecular weight excluding hydrogens is 276 g/mol. The minimum atomic E-state index is -0.440. The predicted molar refractivity (Wildman–Crippen MR) is 85.3 cm³/mol. The molecule has 0 spiro atoms. The van der Waals surface area contributed by atoms with Crippen molar-refractivity contribution in [2.45, 2.75) is 13.3 Å². The van der Waals surface area contributed by atoms with Crippen molar-refractivity contribution >= 4 is 5.91 Å². The highest BCUT2D eigenvalue weighted by Crippen LogP contribution is 2.32. The molecule has 0 aliphatic heterocycles. The average molecular weight is 292 g/mol. The van der Waals surface area contributed by atoms with E-state index >= 15 is 0 Å². The van der Waals surface area contributed by atoms with Gasteiger partial charge < -0.3 is 10.3 Å². The van der Waals surface area contributed by atoms with Crippen molar-refractivity contribution in [2.75, 3.05) is 0 Å². The first-order valence-electron chi connectivity index (χ1n) is 7.15. The third kappa shape index (κ3) is 2.51. The third-order valence-electron chi connectivity index (χ3n) is 3.62. The van der Waals surface area contributed by atoms with Gasteiger partial charge in [0.2, 0.25) is 5.91 Å². The molecule has 4 nitrogen and oxygen atoms in total. The number of carbonyl (C=O) groups is 1. The molecule has 0 saturated heterocycles. The Labute approximate surface area is 128 Å². The topological polar surface area (TPSA) is 69.1 Å². The summed E-state index contributed by atoms with van der Waals surface area (Å²) in [5.74, 6) is 0.294. The highest BCUT2D eigenvalue weighted by Gasteiger charge is 2.17. The fourth-order valence-electron chi connectivity index (χ4n) is 2.47. The molecule has 0 radical (unpaired) electrons. The van der Waals surface area contributed by atoms with Gasteiger partial charge in [-0.1, -0.05) is 54.5 Å². The van der Waals surface area contributed by atoms with Crippen LogP contribution in [0.1, 0.15) is 22.8 Å². The molecule has 1 aromatic heterocycles. The van der Waals surface area contributed by atoms with Crippen molar-refractivity contribution < 1.29 is 9.32 Å². The summed E-state index contributed by atoms with van der Waals surface area (Å²) in [7, 11) is 0. The van der Waals surface area contributed by atoms with Crippen LogP contribution in [0, 0.1) is 0 Å². The number of nitrogens with two attached hydrogens (primary N) is 1. The molecular formula is C18H16N2O2. The lowest BCUT2D eigenvalue weighted by Crippen LogP contribution is -2.10. The number of rotatable bonds is 4. The lowest BCUT2D eigenvalue weighted by molar-refractivity contribution is 0.100. The van der Waals surface area contributed by atoms with Crippen LogP contribution in [0.2, 0.25) is 0 Å². The maximum Gasteiger partial charge on any atom is 0.248 e. The molecule has 2 N–H and O–H groups in total. The van der Waals surface area contributed by atoms with Crippen LogP contribution in [0.15, 0.2) is 59.1 Å². The standard InChI is InChI=1S/C18H16N2O2/c1-2-15-16(12-6-4-3-5-7-12)20-22-17(15)13-8-10-14(11-9-13)18(19)21/h3-11H,2H2,1H3,(H2,19,21). The molecule has 3 aromatic rings. The zero-order valence-corrected chi connectivity index (χ0v) is 12.2. The average Bonchev–Trinajstić information content (AvgIpc) is 2.99. The Bertz CT molecular complexity index is 790. The fraction of sp³-hybridized carbons (Fsp3) is 0.111. The van der Waals surface area contributed by atoms with Crippen molar-refractivity contribution in [3.8, 4) is 22.6 Å². The zero-order chi connectivity index (χ0) is 15.5. The second kappa shape index (κ2) is 5.85. The normalized spacial score (nSPS) is 10.6. The molecule has 0 aliphatic carbocycles. The van der Waals surface area contributed by atoms with Gasteiger partial charge in [0, 0.05) is 22.3 Å². The summed E-state index contributed by atoms with van der Waals surface area (Å²) in [6.45, 7) is 2.07. The first-order chi connectivity index (χ1) is 10.7. The van der Waals surface area contributed by atoms with E-state index in [0.717, 1.165) is 34.6 Å². The SMILES string of the molecule is CCc1c(-c2ccccc2)noc1-c1ccc(C(N)=O)cc1. The number of nitrogens with zero attached hydrogens (tertiary/aromatic N) is 1. The molecule has 4 heteroatoms. The van der Waals surface area contributed by atoms with Crippen LogP contribution in [-0.2, 0) is 6.42 Å². The fourth-order valence-corrected chi connectivity index (χ4v) is 2.47. The van der Waals surface area contributed by atoms with Crippen LogP contribution >= 0.6 is 0 Å². The number of hydrogen-bond donors (Lipinski definition) is 1. The predicted octanol–water partition coefficient (Wildman–Crippen LogP) is 3.67. The van der Waals surface area contributed by atoms with Gasteiger partial charge in [-0.3, -0.25) is 4.79 Å². The molecule has 0 unspecified atom stereocenters. The van der Waals surface area contributed by atoms with E-state index in [-0.39, 0.29) is 0 Å². The summed E-state index contributed by atoms with van der Waals surface area (Å²) in [6.07, 6.45) is 0.806. The van der Waals surface area contributed by atoms with Gasteiger partial charge >= 0.3 is 0 Å². The molecule has 1 heterocycles. The van der Waals surface area contributed by atoms with E-state index in [0.29, 0.717) is 5.56 Å². The minimum absolute atomic E-state index is 0.440. The van der Waals surface area contributed by atoms with Crippen LogP contribution < -0.4 is 5.73 Å². The smallest absolute Gasteiger partial charge is 0.248 e. The third-order valence-corrected chi connectivity index (χ3v) is 3.62. The number of hydrogen-bond acceptors (Lipinski definition) is 3. The molecule has 2 aromatic carbocycles. The van der Waals surface area contributed by atoms with Gasteiger partial charge in [0.25, 0.3) is 0 Å². The van der Waals surface area contributed by atoms with Gasteiger partial charge in [0.1, 0.15) is 5.69 Å². The lowest BCUT2D eigenvalue weighted by Gasteiger charge is -2.02. The van der Waals surface area contributed by atoms with Gasteiger partial charge in [0.05, 0.1) is 0 Å². The lowest BCUT2D eigenvalue weighted by atomic mass is 10.00. The van der Waals surface area contributed by atoms with E-state index in [1.54, 1.807) is 12.1 Å². The molecule has 0 saturated carbocycles. The molecule has 0 bridgehead atoms. The largest absolute Gasteiger partial charge is 0.366 e. The number of carbonyl (C=O) groups excluding carboxylic acids is 1. The van der Waals surface area contributed by atoms with Crippen LogP contribution in [0.4, 0.5) is 0 Å². The van der Waals surface area contributed by atoms with E-state index < -0.39 is 5.91 Å². The maximum absolute atomic E-state index is 11.1. The van der Waals surface area contributed by atoms with Crippen molar-refractivity contribution in [3.05, 3.63) is 65.7 Å². The minimum Gasteiger partial charge on any atom is -0.366 e. The van der Waals surface area contributed by atoms with Crippen LogP contribution in [-0.4, -0.2) is 11.1 Å². The summed E-state index contributed by atoms with van der Waals surface area (Å²) in [6, 6.07) is 17.0. The van der Waals surface area contributed by atoms with E-state index in [9.17, 15) is 4.79 Å². The van der Waals surface area contributed by atoms with Crippen LogP contribution in [0.25, 0.3) is 22.6 Å². The number of aromatic nitrogens is 1. The summed E-state index contributed by atoms with van der Waals surface area (Å²) >= 11 is 0. The Morgan fingerprint density at radius 2 is 1.73 bits per heavy atom. The Kier molecular flexibility index (Phi) is 3.74. The highest BCUT2D eigenvalue weighted by atomic mass is 16.5. The Balaban J connectivity index is 2.05. The molecule has 22 heavy (non-hydrogen) atoms. The summed E-state index contributed by atoms with van der Waals surface area (Å²) in [4.78, 5) is 11.1. The molecule has 0 fully saturated rings. The van der Waals surface area contributed by atoms with Gasteiger partial charge in [-0.15, -0.1) is 0 Å². The van der Waals surface area contributed by atoms with Gasteiger partial charge in [-0.2, -0.15) is 0 Å². The van der Waals surface area contributed by atoms with Crippen LogP contribution in [0.3, 0.4) is 0 Å². The quantitative estimate of drug-likeness (QED) is 0.797. The summed E-state index contributed by atoms with van der Waals surface area (Å²) in [5.41, 5.74) is 9.57. The Morgan fingerprint density at radius 1 is 1.05 bits per heavy atom. The van der Waals surface area contributed by atoms with Gasteiger partial charge in [0.15, 0.2) is 5.76 Å². The molecule has 3 rings (SSSR count). The van der Waals surface area contributed by atoms with E-state index in [4.69, 9.17) is 10.3 Å².